The van der Waals surface area contributed by atoms with Gasteiger partial charge in [-0.3, -0.25) is 0 Å². The smallest absolute Gasteiger partial charge is 0.245 e. The molecular weight excluding hydrogens is 310 g/mol. The van der Waals surface area contributed by atoms with Crippen LogP contribution in [0.25, 0.3) is 11.2 Å². The molecule has 21 heavy (non-hydrogen) atoms. The molecule has 3 aromatic heterocycles. The van der Waals surface area contributed by atoms with E-state index in [1.54, 1.807) is 18.4 Å². The van der Waals surface area contributed by atoms with Gasteiger partial charge in [-0.25, -0.2) is 15.0 Å². The Labute approximate surface area is 130 Å². The molecule has 110 valence electrons. The van der Waals surface area contributed by atoms with Crippen LogP contribution in [-0.4, -0.2) is 37.5 Å². The van der Waals surface area contributed by atoms with E-state index in [1.807, 2.05) is 11.6 Å². The van der Waals surface area contributed by atoms with Gasteiger partial charge in [0, 0.05) is 36.8 Å². The van der Waals surface area contributed by atoms with E-state index >= 15 is 0 Å². The van der Waals surface area contributed by atoms with Gasteiger partial charge in [0.25, 0.3) is 0 Å². The Morgan fingerprint density at radius 2 is 2.19 bits per heavy atom. The quantitative estimate of drug-likeness (QED) is 0.651. The zero-order valence-electron chi connectivity index (χ0n) is 11.5. The van der Waals surface area contributed by atoms with E-state index in [2.05, 4.69) is 24.5 Å². The van der Waals surface area contributed by atoms with Crippen LogP contribution >= 0.6 is 22.9 Å². The second kappa shape index (κ2) is 6.36. The minimum absolute atomic E-state index is 0.490. The Bertz CT molecular complexity index is 728. The third-order valence-electron chi connectivity index (χ3n) is 3.12. The number of aromatic nitrogens is 5. The lowest BCUT2D eigenvalue weighted by atomic mass is 10.4. The SMILES string of the molecule is COc1ncnc2c1nc(CCCl)n2CCc1nccs1. The first-order valence-corrected chi connectivity index (χ1v) is 7.93. The number of alkyl halides is 1. The Hall–Kier alpha value is -1.73. The first-order chi connectivity index (χ1) is 10.3. The van der Waals surface area contributed by atoms with Crippen LogP contribution in [0.1, 0.15) is 10.8 Å². The fraction of sp³-hybridized carbons (Fsp3) is 0.385. The highest BCUT2D eigenvalue weighted by Gasteiger charge is 2.16. The van der Waals surface area contributed by atoms with Crippen LogP contribution < -0.4 is 4.74 Å². The van der Waals surface area contributed by atoms with Crippen LogP contribution in [0.2, 0.25) is 0 Å². The highest BCUT2D eigenvalue weighted by Crippen LogP contribution is 2.22. The van der Waals surface area contributed by atoms with Gasteiger partial charge in [0.2, 0.25) is 5.88 Å². The van der Waals surface area contributed by atoms with Crippen LogP contribution in [0.5, 0.6) is 5.88 Å². The van der Waals surface area contributed by atoms with E-state index in [0.29, 0.717) is 23.7 Å². The van der Waals surface area contributed by atoms with E-state index in [-0.39, 0.29) is 0 Å². The van der Waals surface area contributed by atoms with Gasteiger partial charge in [-0.05, 0) is 0 Å². The van der Waals surface area contributed by atoms with Gasteiger partial charge in [0.05, 0.1) is 12.1 Å². The van der Waals surface area contributed by atoms with Crippen molar-refractivity contribution >= 4 is 34.1 Å². The van der Waals surface area contributed by atoms with Crippen molar-refractivity contribution < 1.29 is 4.74 Å². The number of halogens is 1. The maximum atomic E-state index is 5.88. The second-order valence-electron chi connectivity index (χ2n) is 4.35. The molecule has 8 heteroatoms. The molecule has 0 fully saturated rings. The van der Waals surface area contributed by atoms with Gasteiger partial charge in [-0.15, -0.1) is 22.9 Å². The summed E-state index contributed by atoms with van der Waals surface area (Å²) in [5.74, 6) is 1.90. The molecule has 0 saturated heterocycles. The summed E-state index contributed by atoms with van der Waals surface area (Å²) < 4.78 is 7.33. The van der Waals surface area contributed by atoms with E-state index in [9.17, 15) is 0 Å². The van der Waals surface area contributed by atoms with Crippen molar-refractivity contribution in [3.05, 3.63) is 28.7 Å². The van der Waals surface area contributed by atoms with Crippen molar-refractivity contribution in [1.29, 1.82) is 0 Å². The largest absolute Gasteiger partial charge is 0.479 e. The number of imidazole rings is 1. The van der Waals surface area contributed by atoms with E-state index < -0.39 is 0 Å². The molecule has 0 aromatic carbocycles. The van der Waals surface area contributed by atoms with Gasteiger partial charge in [0.1, 0.15) is 12.2 Å². The Balaban J connectivity index is 1.99. The zero-order chi connectivity index (χ0) is 14.7. The van der Waals surface area contributed by atoms with Gasteiger partial charge in [-0.1, -0.05) is 0 Å². The van der Waals surface area contributed by atoms with Crippen molar-refractivity contribution in [2.75, 3.05) is 13.0 Å². The summed E-state index contributed by atoms with van der Waals surface area (Å²) in [5, 5.41) is 3.07. The zero-order valence-corrected chi connectivity index (χ0v) is 13.1. The number of rotatable bonds is 6. The van der Waals surface area contributed by atoms with Gasteiger partial charge in [0.15, 0.2) is 11.2 Å². The molecule has 0 aliphatic rings. The average molecular weight is 324 g/mol. The average Bonchev–Trinajstić information content (AvgIpc) is 3.12. The van der Waals surface area contributed by atoms with Crippen LogP contribution in [0.3, 0.4) is 0 Å². The number of nitrogens with zero attached hydrogens (tertiary/aromatic N) is 5. The molecule has 3 heterocycles. The fourth-order valence-electron chi connectivity index (χ4n) is 2.20. The Kier molecular flexibility index (Phi) is 4.31. The number of methoxy groups -OCH3 is 1. The molecule has 0 aliphatic heterocycles. The summed E-state index contributed by atoms with van der Waals surface area (Å²) in [6.45, 7) is 0.760. The number of thiazole rings is 1. The number of hydrogen-bond donors (Lipinski definition) is 0. The summed E-state index contributed by atoms with van der Waals surface area (Å²) >= 11 is 7.53. The van der Waals surface area contributed by atoms with E-state index in [0.717, 1.165) is 29.4 Å². The molecule has 0 bridgehead atoms. The molecule has 0 aliphatic carbocycles. The minimum atomic E-state index is 0.490. The molecule has 0 amide bonds. The van der Waals surface area contributed by atoms with Gasteiger partial charge >= 0.3 is 0 Å². The molecule has 6 nitrogen and oxygen atoms in total. The maximum absolute atomic E-state index is 5.88. The van der Waals surface area contributed by atoms with Crippen LogP contribution in [-0.2, 0) is 19.4 Å². The van der Waals surface area contributed by atoms with Gasteiger partial charge in [-0.2, -0.15) is 4.98 Å². The maximum Gasteiger partial charge on any atom is 0.245 e. The molecule has 0 atom stereocenters. The second-order valence-corrected chi connectivity index (χ2v) is 5.71. The molecule has 0 radical (unpaired) electrons. The summed E-state index contributed by atoms with van der Waals surface area (Å²) in [4.78, 5) is 17.3. The number of aryl methyl sites for hydroxylation is 3. The van der Waals surface area contributed by atoms with Crippen molar-refractivity contribution in [3.63, 3.8) is 0 Å². The topological polar surface area (TPSA) is 65.7 Å². The number of ether oxygens (including phenoxy) is 1. The Morgan fingerprint density at radius 3 is 2.90 bits per heavy atom. The van der Waals surface area contributed by atoms with Gasteiger partial charge < -0.3 is 9.30 Å². The van der Waals surface area contributed by atoms with Crippen molar-refractivity contribution in [3.8, 4) is 5.88 Å². The monoisotopic (exact) mass is 323 g/mol. The summed E-state index contributed by atoms with van der Waals surface area (Å²) in [6, 6.07) is 0. The fourth-order valence-corrected chi connectivity index (χ4v) is 2.98. The highest BCUT2D eigenvalue weighted by atomic mass is 35.5. The van der Waals surface area contributed by atoms with Crippen molar-refractivity contribution in [1.82, 2.24) is 24.5 Å². The normalized spacial score (nSPS) is 11.1. The third kappa shape index (κ3) is 2.84. The lowest BCUT2D eigenvalue weighted by molar-refractivity contribution is 0.401. The number of hydrogen-bond acceptors (Lipinski definition) is 6. The van der Waals surface area contributed by atoms with Crippen molar-refractivity contribution in [2.24, 2.45) is 0 Å². The first kappa shape index (κ1) is 14.2. The molecule has 0 N–H and O–H groups in total. The van der Waals surface area contributed by atoms with Crippen molar-refractivity contribution in [2.45, 2.75) is 19.4 Å². The van der Waals surface area contributed by atoms with E-state index in [4.69, 9.17) is 16.3 Å². The van der Waals surface area contributed by atoms with Crippen LogP contribution in [0.15, 0.2) is 17.9 Å². The molecule has 0 saturated carbocycles. The summed E-state index contributed by atoms with van der Waals surface area (Å²) in [6.07, 6.45) is 4.83. The summed E-state index contributed by atoms with van der Waals surface area (Å²) in [7, 11) is 1.58. The molecular formula is C13H14ClN5OS. The first-order valence-electron chi connectivity index (χ1n) is 6.52. The predicted octanol–water partition coefficient (Wildman–Crippen LogP) is 2.32. The molecule has 3 aromatic rings. The number of fused-ring (bicyclic) bond motifs is 1. The summed E-state index contributed by atoms with van der Waals surface area (Å²) in [5.41, 5.74) is 1.46. The molecule has 3 rings (SSSR count). The molecule has 0 unspecified atom stereocenters. The highest BCUT2D eigenvalue weighted by molar-refractivity contribution is 7.09. The predicted molar refractivity (Wildman–Crippen MR) is 82.1 cm³/mol. The Morgan fingerprint density at radius 1 is 1.29 bits per heavy atom. The lowest BCUT2D eigenvalue weighted by Crippen LogP contribution is -2.07. The van der Waals surface area contributed by atoms with E-state index in [1.165, 1.54) is 6.33 Å². The lowest BCUT2D eigenvalue weighted by Gasteiger charge is -2.06. The van der Waals surface area contributed by atoms with Crippen LogP contribution in [0, 0.1) is 0 Å². The minimum Gasteiger partial charge on any atom is -0.479 e. The third-order valence-corrected chi connectivity index (χ3v) is 4.15. The molecule has 0 spiro atoms. The standard InChI is InChI=1S/C13H14ClN5OS/c1-20-13-11-12(16-8-17-13)19(9(18-11)2-4-14)6-3-10-15-5-7-21-10/h5,7-8H,2-4,6H2,1H3. The van der Waals surface area contributed by atoms with Crippen LogP contribution in [0.4, 0.5) is 0 Å².